The zero-order chi connectivity index (χ0) is 15.5. The van der Waals surface area contributed by atoms with Crippen LogP contribution < -0.4 is 10.2 Å². The molecule has 1 unspecified atom stereocenters. The van der Waals surface area contributed by atoms with Gasteiger partial charge in [0.2, 0.25) is 5.95 Å². The van der Waals surface area contributed by atoms with E-state index in [1.165, 1.54) is 57.9 Å². The average molecular weight is 315 g/mol. The second kappa shape index (κ2) is 7.04. The molecule has 1 aromatic rings. The first-order valence-corrected chi connectivity index (χ1v) is 9.47. The Morgan fingerprint density at radius 2 is 1.78 bits per heavy atom. The van der Waals surface area contributed by atoms with Crippen LogP contribution in [0.25, 0.3) is 0 Å². The van der Waals surface area contributed by atoms with E-state index in [-0.39, 0.29) is 0 Å². The molecule has 4 rings (SSSR count). The predicted octanol–water partition coefficient (Wildman–Crippen LogP) is 2.90. The van der Waals surface area contributed by atoms with E-state index in [1.54, 1.807) is 0 Å². The third-order valence-corrected chi connectivity index (χ3v) is 5.71. The summed E-state index contributed by atoms with van der Waals surface area (Å²) in [5, 5.41) is 3.58. The summed E-state index contributed by atoms with van der Waals surface area (Å²) >= 11 is 0. The molecule has 1 aromatic heterocycles. The van der Waals surface area contributed by atoms with Crippen LogP contribution in [-0.4, -0.2) is 53.1 Å². The van der Waals surface area contributed by atoms with Crippen LogP contribution in [0.5, 0.6) is 0 Å². The van der Waals surface area contributed by atoms with Gasteiger partial charge in [0.1, 0.15) is 5.82 Å². The number of anilines is 2. The highest BCUT2D eigenvalue weighted by Crippen LogP contribution is 2.28. The third-order valence-electron chi connectivity index (χ3n) is 5.71. The van der Waals surface area contributed by atoms with Gasteiger partial charge in [-0.05, 0) is 38.2 Å². The Hall–Kier alpha value is -1.36. The molecule has 23 heavy (non-hydrogen) atoms. The Labute approximate surface area is 139 Å². The number of likely N-dealkylation sites (tertiary alicyclic amines) is 1. The first-order chi connectivity index (χ1) is 11.4. The van der Waals surface area contributed by atoms with Gasteiger partial charge < -0.3 is 10.2 Å². The molecule has 0 spiro atoms. The molecule has 3 heterocycles. The number of aromatic nitrogens is 2. The van der Waals surface area contributed by atoms with Gasteiger partial charge in [-0.15, -0.1) is 0 Å². The molecule has 0 aromatic carbocycles. The first kappa shape index (κ1) is 15.2. The van der Waals surface area contributed by atoms with Gasteiger partial charge in [-0.3, -0.25) is 4.90 Å². The minimum Gasteiger partial charge on any atom is -0.356 e. The lowest BCUT2D eigenvalue weighted by Crippen LogP contribution is -2.39. The van der Waals surface area contributed by atoms with Crippen molar-refractivity contribution in [2.45, 2.75) is 63.5 Å². The molecule has 0 bridgehead atoms. The summed E-state index contributed by atoms with van der Waals surface area (Å²) in [6.45, 7) is 4.65. The SMILES string of the molecule is c1cc(N2CCCCCC2)nc(NC2CCN(C3CCC3)C2)n1. The van der Waals surface area contributed by atoms with Crippen LogP contribution in [0.3, 0.4) is 0 Å². The van der Waals surface area contributed by atoms with Crippen molar-refractivity contribution in [2.24, 2.45) is 0 Å². The molecular weight excluding hydrogens is 286 g/mol. The van der Waals surface area contributed by atoms with Gasteiger partial charge in [0.15, 0.2) is 0 Å². The van der Waals surface area contributed by atoms with E-state index in [1.807, 2.05) is 6.20 Å². The van der Waals surface area contributed by atoms with Crippen LogP contribution in [0.1, 0.15) is 51.4 Å². The van der Waals surface area contributed by atoms with E-state index in [2.05, 4.69) is 26.2 Å². The van der Waals surface area contributed by atoms with Crippen molar-refractivity contribution in [3.63, 3.8) is 0 Å². The lowest BCUT2D eigenvalue weighted by Gasteiger charge is -2.34. The monoisotopic (exact) mass is 315 g/mol. The second-order valence-corrected chi connectivity index (χ2v) is 7.35. The maximum Gasteiger partial charge on any atom is 0.224 e. The van der Waals surface area contributed by atoms with Gasteiger partial charge in [0.05, 0.1) is 0 Å². The van der Waals surface area contributed by atoms with Crippen molar-refractivity contribution >= 4 is 11.8 Å². The van der Waals surface area contributed by atoms with Gasteiger partial charge in [-0.1, -0.05) is 19.3 Å². The van der Waals surface area contributed by atoms with Gasteiger partial charge in [-0.2, -0.15) is 4.98 Å². The Morgan fingerprint density at radius 3 is 2.52 bits per heavy atom. The summed E-state index contributed by atoms with van der Waals surface area (Å²) in [6.07, 6.45) is 12.6. The van der Waals surface area contributed by atoms with E-state index in [0.717, 1.165) is 37.4 Å². The highest BCUT2D eigenvalue weighted by Gasteiger charge is 2.31. The molecule has 0 amide bonds. The minimum atomic E-state index is 0.509. The Morgan fingerprint density at radius 1 is 0.957 bits per heavy atom. The third kappa shape index (κ3) is 3.60. The van der Waals surface area contributed by atoms with E-state index in [9.17, 15) is 0 Å². The summed E-state index contributed by atoms with van der Waals surface area (Å²) in [5.41, 5.74) is 0. The summed E-state index contributed by atoms with van der Waals surface area (Å²) in [4.78, 5) is 14.3. The molecule has 2 aliphatic heterocycles. The van der Waals surface area contributed by atoms with Crippen molar-refractivity contribution < 1.29 is 0 Å². The van der Waals surface area contributed by atoms with Gasteiger partial charge in [-0.25, -0.2) is 4.98 Å². The summed E-state index contributed by atoms with van der Waals surface area (Å²) < 4.78 is 0. The topological polar surface area (TPSA) is 44.3 Å². The van der Waals surface area contributed by atoms with E-state index < -0.39 is 0 Å². The fraction of sp³-hybridized carbons (Fsp3) is 0.778. The predicted molar refractivity (Wildman–Crippen MR) is 94.0 cm³/mol. The van der Waals surface area contributed by atoms with Crippen molar-refractivity contribution in [2.75, 3.05) is 36.4 Å². The summed E-state index contributed by atoms with van der Waals surface area (Å²) in [5.74, 6) is 1.91. The normalized spacial score (nSPS) is 26.8. The first-order valence-electron chi connectivity index (χ1n) is 9.47. The lowest BCUT2D eigenvalue weighted by atomic mass is 9.92. The zero-order valence-corrected chi connectivity index (χ0v) is 14.1. The maximum atomic E-state index is 4.79. The Bertz CT molecular complexity index is 508. The quantitative estimate of drug-likeness (QED) is 0.925. The fourth-order valence-corrected chi connectivity index (χ4v) is 4.07. The van der Waals surface area contributed by atoms with Crippen molar-refractivity contribution in [3.8, 4) is 0 Å². The number of nitrogens with one attached hydrogen (secondary N) is 1. The highest BCUT2D eigenvalue weighted by atomic mass is 15.3. The van der Waals surface area contributed by atoms with Crippen molar-refractivity contribution in [1.82, 2.24) is 14.9 Å². The second-order valence-electron chi connectivity index (χ2n) is 7.35. The number of nitrogens with zero attached hydrogens (tertiary/aromatic N) is 4. The largest absolute Gasteiger partial charge is 0.356 e. The molecule has 126 valence electrons. The molecule has 5 nitrogen and oxygen atoms in total. The number of hydrogen-bond acceptors (Lipinski definition) is 5. The molecule has 0 radical (unpaired) electrons. The van der Waals surface area contributed by atoms with Crippen LogP contribution >= 0.6 is 0 Å². The molecule has 3 aliphatic rings. The van der Waals surface area contributed by atoms with Crippen LogP contribution in [0.4, 0.5) is 11.8 Å². The van der Waals surface area contributed by atoms with Crippen molar-refractivity contribution in [1.29, 1.82) is 0 Å². The van der Waals surface area contributed by atoms with E-state index in [0.29, 0.717) is 6.04 Å². The molecule has 5 heteroatoms. The molecule has 3 fully saturated rings. The molecule has 1 aliphatic carbocycles. The fourth-order valence-electron chi connectivity index (χ4n) is 4.07. The van der Waals surface area contributed by atoms with E-state index >= 15 is 0 Å². The summed E-state index contributed by atoms with van der Waals surface area (Å²) in [6, 6.07) is 3.42. The smallest absolute Gasteiger partial charge is 0.224 e. The number of rotatable bonds is 4. The van der Waals surface area contributed by atoms with Crippen LogP contribution in [0, 0.1) is 0 Å². The van der Waals surface area contributed by atoms with Gasteiger partial charge in [0.25, 0.3) is 0 Å². The van der Waals surface area contributed by atoms with Crippen LogP contribution in [0.2, 0.25) is 0 Å². The van der Waals surface area contributed by atoms with E-state index in [4.69, 9.17) is 4.98 Å². The minimum absolute atomic E-state index is 0.509. The van der Waals surface area contributed by atoms with Gasteiger partial charge >= 0.3 is 0 Å². The lowest BCUT2D eigenvalue weighted by molar-refractivity contribution is 0.158. The Kier molecular flexibility index (Phi) is 4.64. The number of hydrogen-bond donors (Lipinski definition) is 1. The van der Waals surface area contributed by atoms with Crippen LogP contribution in [-0.2, 0) is 0 Å². The molecule has 1 saturated carbocycles. The average Bonchev–Trinajstić information content (AvgIpc) is 2.80. The van der Waals surface area contributed by atoms with Crippen molar-refractivity contribution in [3.05, 3.63) is 12.3 Å². The molecule has 1 N–H and O–H groups in total. The zero-order valence-electron chi connectivity index (χ0n) is 14.1. The summed E-state index contributed by atoms with van der Waals surface area (Å²) in [7, 11) is 0. The molecule has 1 atom stereocenters. The van der Waals surface area contributed by atoms with Gasteiger partial charge in [0, 0.05) is 44.5 Å². The Balaban J connectivity index is 1.36. The highest BCUT2D eigenvalue weighted by molar-refractivity contribution is 5.43. The standard InChI is InChI=1S/C18H29N5/c1-2-4-12-22(11-3-1)17-8-10-19-18(21-17)20-15-9-13-23(14-15)16-6-5-7-16/h8,10,15-16H,1-7,9,11-14H2,(H,19,20,21). The molecule has 2 saturated heterocycles. The van der Waals surface area contributed by atoms with Crippen LogP contribution in [0.15, 0.2) is 12.3 Å². The molecular formula is C18H29N5. The maximum absolute atomic E-state index is 4.79.